The molecule has 6 heteroatoms. The lowest BCUT2D eigenvalue weighted by molar-refractivity contribution is 0.170. The third-order valence-corrected chi connectivity index (χ3v) is 2.71. The summed E-state index contributed by atoms with van der Waals surface area (Å²) in [6.45, 7) is 4.46. The van der Waals surface area contributed by atoms with E-state index >= 15 is 0 Å². The molecule has 0 aliphatic rings. The number of aromatic nitrogens is 1. The van der Waals surface area contributed by atoms with E-state index in [1.165, 1.54) is 0 Å². The molecule has 0 atom stereocenters. The van der Waals surface area contributed by atoms with E-state index in [0.717, 1.165) is 0 Å². The van der Waals surface area contributed by atoms with Crippen molar-refractivity contribution in [2.75, 3.05) is 24.2 Å². The Morgan fingerprint density at radius 2 is 2.06 bits per heavy atom. The number of aliphatic hydroxyl groups is 1. The fourth-order valence-electron chi connectivity index (χ4n) is 0.984. The molecule has 0 aliphatic carbocycles. The maximum atomic E-state index is 9.10. The molecule has 4 N–H and O–H groups in total. The predicted octanol–water partition coefficient (Wildman–Crippen LogP) is 2.40. The number of nitrogens with two attached hydrogens (primary N) is 1. The summed E-state index contributed by atoms with van der Waals surface area (Å²) in [7, 11) is 0. The average molecular weight is 264 g/mol. The number of nitrogen functional groups attached to an aromatic ring is 1. The highest BCUT2D eigenvalue weighted by atomic mass is 35.5. The third kappa shape index (κ3) is 3.40. The van der Waals surface area contributed by atoms with Crippen molar-refractivity contribution in [1.29, 1.82) is 0 Å². The first-order valence-electron chi connectivity index (χ1n) is 4.82. The van der Waals surface area contributed by atoms with Gasteiger partial charge in [-0.1, -0.05) is 37.0 Å². The van der Waals surface area contributed by atoms with E-state index in [-0.39, 0.29) is 17.8 Å². The van der Waals surface area contributed by atoms with Crippen LogP contribution in [0.3, 0.4) is 0 Å². The highest BCUT2D eigenvalue weighted by Crippen LogP contribution is 2.28. The van der Waals surface area contributed by atoms with Crippen LogP contribution < -0.4 is 11.1 Å². The van der Waals surface area contributed by atoms with E-state index in [4.69, 9.17) is 34.0 Å². The van der Waals surface area contributed by atoms with E-state index in [1.54, 1.807) is 6.07 Å². The fourth-order valence-corrected chi connectivity index (χ4v) is 1.41. The standard InChI is InChI=1S/C10H15Cl2N3O/c1-10(2,5-16)4-14-9-7(12)3-6(11)8(13)15-9/h3,16H,4-5H2,1-2H3,(H3,13,14,15). The molecule has 1 heterocycles. The van der Waals surface area contributed by atoms with Gasteiger partial charge in [-0.15, -0.1) is 0 Å². The van der Waals surface area contributed by atoms with Crippen molar-refractivity contribution >= 4 is 34.8 Å². The lowest BCUT2D eigenvalue weighted by atomic mass is 9.95. The number of hydrogen-bond donors (Lipinski definition) is 3. The topological polar surface area (TPSA) is 71.2 Å². The molecule has 90 valence electrons. The molecule has 0 saturated heterocycles. The summed E-state index contributed by atoms with van der Waals surface area (Å²) in [5, 5.41) is 12.9. The molecule has 0 unspecified atom stereocenters. The Morgan fingerprint density at radius 3 is 2.62 bits per heavy atom. The number of pyridine rings is 1. The van der Waals surface area contributed by atoms with Crippen LogP contribution in [0.1, 0.15) is 13.8 Å². The molecule has 0 aromatic carbocycles. The molecule has 0 amide bonds. The molecule has 0 saturated carbocycles. The average Bonchev–Trinajstić information content (AvgIpc) is 2.22. The molecular formula is C10H15Cl2N3O. The van der Waals surface area contributed by atoms with E-state index < -0.39 is 0 Å². The molecule has 0 bridgehead atoms. The first kappa shape index (κ1) is 13.4. The van der Waals surface area contributed by atoms with E-state index in [0.29, 0.717) is 22.4 Å². The smallest absolute Gasteiger partial charge is 0.147 e. The van der Waals surface area contributed by atoms with Crippen LogP contribution in [0.25, 0.3) is 0 Å². The Kier molecular flexibility index (Phi) is 4.24. The van der Waals surface area contributed by atoms with Gasteiger partial charge in [-0.3, -0.25) is 0 Å². The van der Waals surface area contributed by atoms with Crippen LogP contribution in [0.4, 0.5) is 11.6 Å². The SMILES string of the molecule is CC(C)(CO)CNc1nc(N)c(Cl)cc1Cl. The van der Waals surface area contributed by atoms with Gasteiger partial charge in [-0.05, 0) is 6.07 Å². The van der Waals surface area contributed by atoms with Gasteiger partial charge in [0.25, 0.3) is 0 Å². The minimum Gasteiger partial charge on any atom is -0.396 e. The lowest BCUT2D eigenvalue weighted by Crippen LogP contribution is -2.27. The van der Waals surface area contributed by atoms with Crippen molar-refractivity contribution in [1.82, 2.24) is 4.98 Å². The van der Waals surface area contributed by atoms with Crippen LogP contribution in [-0.2, 0) is 0 Å². The van der Waals surface area contributed by atoms with Crippen molar-refractivity contribution in [2.45, 2.75) is 13.8 Å². The Bertz CT molecular complexity index is 383. The third-order valence-electron chi connectivity index (χ3n) is 2.12. The fraction of sp³-hybridized carbons (Fsp3) is 0.500. The zero-order chi connectivity index (χ0) is 12.3. The van der Waals surface area contributed by atoms with Crippen LogP contribution in [0.5, 0.6) is 0 Å². The number of rotatable bonds is 4. The quantitative estimate of drug-likeness (QED) is 0.780. The van der Waals surface area contributed by atoms with Crippen LogP contribution in [0.2, 0.25) is 10.0 Å². The van der Waals surface area contributed by atoms with Crippen molar-refractivity contribution in [2.24, 2.45) is 5.41 Å². The second-order valence-electron chi connectivity index (χ2n) is 4.36. The van der Waals surface area contributed by atoms with Crippen molar-refractivity contribution < 1.29 is 5.11 Å². The first-order chi connectivity index (χ1) is 7.35. The largest absolute Gasteiger partial charge is 0.396 e. The molecule has 1 rings (SSSR count). The number of hydrogen-bond acceptors (Lipinski definition) is 4. The number of halogens is 2. The molecule has 1 aromatic heterocycles. The second kappa shape index (κ2) is 5.08. The highest BCUT2D eigenvalue weighted by Gasteiger charge is 2.17. The zero-order valence-electron chi connectivity index (χ0n) is 9.22. The monoisotopic (exact) mass is 263 g/mol. The summed E-state index contributed by atoms with van der Waals surface area (Å²) >= 11 is 11.7. The van der Waals surface area contributed by atoms with Gasteiger partial charge in [0, 0.05) is 18.6 Å². The number of nitrogens with zero attached hydrogens (tertiary/aromatic N) is 1. The number of nitrogens with one attached hydrogen (secondary N) is 1. The lowest BCUT2D eigenvalue weighted by Gasteiger charge is -2.22. The molecular weight excluding hydrogens is 249 g/mol. The van der Waals surface area contributed by atoms with Gasteiger partial charge in [0.2, 0.25) is 0 Å². The zero-order valence-corrected chi connectivity index (χ0v) is 10.7. The predicted molar refractivity (Wildman–Crippen MR) is 68.0 cm³/mol. The minimum atomic E-state index is -0.251. The van der Waals surface area contributed by atoms with Gasteiger partial charge < -0.3 is 16.2 Å². The maximum Gasteiger partial charge on any atom is 0.147 e. The molecule has 4 nitrogen and oxygen atoms in total. The number of aliphatic hydroxyl groups excluding tert-OH is 1. The van der Waals surface area contributed by atoms with Crippen LogP contribution in [0.15, 0.2) is 6.07 Å². The van der Waals surface area contributed by atoms with Gasteiger partial charge in [0.05, 0.1) is 10.0 Å². The summed E-state index contributed by atoms with van der Waals surface area (Å²) in [5.41, 5.74) is 5.32. The van der Waals surface area contributed by atoms with Gasteiger partial charge in [0.1, 0.15) is 11.6 Å². The van der Waals surface area contributed by atoms with Gasteiger partial charge in [-0.2, -0.15) is 0 Å². The molecule has 0 radical (unpaired) electrons. The summed E-state index contributed by atoms with van der Waals surface area (Å²) in [5.74, 6) is 0.709. The van der Waals surface area contributed by atoms with Crippen molar-refractivity contribution in [3.8, 4) is 0 Å². The molecule has 0 fully saturated rings. The van der Waals surface area contributed by atoms with E-state index in [2.05, 4.69) is 10.3 Å². The minimum absolute atomic E-state index is 0.0701. The summed E-state index contributed by atoms with van der Waals surface area (Å²) in [6, 6.07) is 1.54. The Morgan fingerprint density at radius 1 is 1.44 bits per heavy atom. The molecule has 16 heavy (non-hydrogen) atoms. The maximum absolute atomic E-state index is 9.10. The first-order valence-corrected chi connectivity index (χ1v) is 5.57. The van der Waals surface area contributed by atoms with Crippen LogP contribution >= 0.6 is 23.2 Å². The second-order valence-corrected chi connectivity index (χ2v) is 5.18. The summed E-state index contributed by atoms with van der Waals surface area (Å²) < 4.78 is 0. The van der Waals surface area contributed by atoms with Crippen molar-refractivity contribution in [3.05, 3.63) is 16.1 Å². The summed E-state index contributed by atoms with van der Waals surface area (Å²) in [4.78, 5) is 4.03. The van der Waals surface area contributed by atoms with Gasteiger partial charge in [0.15, 0.2) is 0 Å². The molecule has 1 aromatic rings. The summed E-state index contributed by atoms with van der Waals surface area (Å²) in [6.07, 6.45) is 0. The Labute approximate surface area is 105 Å². The van der Waals surface area contributed by atoms with Crippen molar-refractivity contribution in [3.63, 3.8) is 0 Å². The van der Waals surface area contributed by atoms with Crippen LogP contribution in [-0.4, -0.2) is 23.2 Å². The Hall–Kier alpha value is -0.710. The van der Waals surface area contributed by atoms with Gasteiger partial charge in [-0.25, -0.2) is 4.98 Å². The highest BCUT2D eigenvalue weighted by molar-refractivity contribution is 6.37. The molecule has 0 aliphatic heterocycles. The normalized spacial score (nSPS) is 11.6. The number of anilines is 2. The van der Waals surface area contributed by atoms with Crippen LogP contribution in [0, 0.1) is 5.41 Å². The molecule has 0 spiro atoms. The van der Waals surface area contributed by atoms with Gasteiger partial charge >= 0.3 is 0 Å². The Balaban J connectivity index is 2.79. The van der Waals surface area contributed by atoms with E-state index in [1.807, 2.05) is 13.8 Å². The van der Waals surface area contributed by atoms with E-state index in [9.17, 15) is 0 Å².